The van der Waals surface area contributed by atoms with Crippen molar-refractivity contribution in [2.45, 2.75) is 6.54 Å². The van der Waals surface area contributed by atoms with E-state index < -0.39 is 11.6 Å². The Balaban J connectivity index is 2.19. The number of halogens is 3. The lowest BCUT2D eigenvalue weighted by Gasteiger charge is -2.11. The van der Waals surface area contributed by atoms with E-state index in [0.717, 1.165) is 0 Å². The van der Waals surface area contributed by atoms with Gasteiger partial charge in [-0.25, -0.2) is 8.78 Å². The molecule has 2 nitrogen and oxygen atoms in total. The Morgan fingerprint density at radius 3 is 2.47 bits per heavy atom. The SMILES string of the molecule is COc1ccc(Cl)c(NCc2c(F)cccc2F)c1. The van der Waals surface area contributed by atoms with Gasteiger partial charge in [0.05, 0.1) is 17.8 Å². The van der Waals surface area contributed by atoms with Crippen LogP contribution in [0.4, 0.5) is 14.5 Å². The molecule has 0 bridgehead atoms. The second-order valence-corrected chi connectivity index (χ2v) is 4.31. The Kier molecular flexibility index (Phi) is 4.22. The average molecular weight is 284 g/mol. The van der Waals surface area contributed by atoms with E-state index in [2.05, 4.69) is 5.32 Å². The topological polar surface area (TPSA) is 21.3 Å². The van der Waals surface area contributed by atoms with E-state index in [0.29, 0.717) is 16.5 Å². The number of hydrogen-bond donors (Lipinski definition) is 1. The zero-order valence-electron chi connectivity index (χ0n) is 10.2. The minimum absolute atomic E-state index is 0.00535. The van der Waals surface area contributed by atoms with Gasteiger partial charge in [0.25, 0.3) is 0 Å². The van der Waals surface area contributed by atoms with Gasteiger partial charge < -0.3 is 10.1 Å². The maximum absolute atomic E-state index is 13.5. The Morgan fingerprint density at radius 1 is 1.16 bits per heavy atom. The summed E-state index contributed by atoms with van der Waals surface area (Å²) in [5.41, 5.74) is 0.532. The third kappa shape index (κ3) is 3.15. The molecule has 0 aliphatic heterocycles. The number of hydrogen-bond acceptors (Lipinski definition) is 2. The van der Waals surface area contributed by atoms with Gasteiger partial charge in [-0.1, -0.05) is 17.7 Å². The van der Waals surface area contributed by atoms with Crippen LogP contribution in [0.15, 0.2) is 36.4 Å². The first-order valence-electron chi connectivity index (χ1n) is 5.62. The van der Waals surface area contributed by atoms with Gasteiger partial charge in [-0.05, 0) is 24.3 Å². The molecule has 19 heavy (non-hydrogen) atoms. The standard InChI is InChI=1S/C14H12ClF2NO/c1-19-9-5-6-11(15)14(7-9)18-8-10-12(16)3-2-4-13(10)17/h2-7,18H,8H2,1H3. The zero-order chi connectivity index (χ0) is 13.8. The van der Waals surface area contributed by atoms with Crippen molar-refractivity contribution in [2.75, 3.05) is 12.4 Å². The minimum Gasteiger partial charge on any atom is -0.497 e. The van der Waals surface area contributed by atoms with Gasteiger partial charge >= 0.3 is 0 Å². The maximum Gasteiger partial charge on any atom is 0.131 e. The Labute approximate surface area is 115 Å². The van der Waals surface area contributed by atoms with Crippen molar-refractivity contribution in [3.05, 3.63) is 58.6 Å². The lowest BCUT2D eigenvalue weighted by atomic mass is 10.2. The van der Waals surface area contributed by atoms with Crippen molar-refractivity contribution in [1.82, 2.24) is 0 Å². The van der Waals surface area contributed by atoms with Crippen molar-refractivity contribution in [3.63, 3.8) is 0 Å². The highest BCUT2D eigenvalue weighted by atomic mass is 35.5. The van der Waals surface area contributed by atoms with Crippen molar-refractivity contribution >= 4 is 17.3 Å². The quantitative estimate of drug-likeness (QED) is 0.906. The highest BCUT2D eigenvalue weighted by Crippen LogP contribution is 2.27. The fourth-order valence-corrected chi connectivity index (χ4v) is 1.84. The molecule has 5 heteroatoms. The van der Waals surface area contributed by atoms with Gasteiger partial charge in [0.1, 0.15) is 17.4 Å². The van der Waals surface area contributed by atoms with Crippen LogP contribution in [-0.2, 0) is 6.54 Å². The third-order valence-corrected chi connectivity index (χ3v) is 3.02. The summed E-state index contributed by atoms with van der Waals surface area (Å²) in [6.45, 7) is 0.00535. The molecule has 0 saturated heterocycles. The monoisotopic (exact) mass is 283 g/mol. The first-order chi connectivity index (χ1) is 9.11. The molecule has 0 saturated carbocycles. The summed E-state index contributed by atoms with van der Waals surface area (Å²) in [5.74, 6) is -0.570. The van der Waals surface area contributed by atoms with E-state index in [9.17, 15) is 8.78 Å². The van der Waals surface area contributed by atoms with Gasteiger partial charge in [0.15, 0.2) is 0 Å². The second-order valence-electron chi connectivity index (χ2n) is 3.90. The van der Waals surface area contributed by atoms with Crippen LogP contribution < -0.4 is 10.1 Å². The third-order valence-electron chi connectivity index (χ3n) is 2.69. The van der Waals surface area contributed by atoms with E-state index in [-0.39, 0.29) is 12.1 Å². The van der Waals surface area contributed by atoms with Gasteiger partial charge in [0.2, 0.25) is 0 Å². The van der Waals surface area contributed by atoms with Gasteiger partial charge in [0, 0.05) is 18.2 Å². The molecule has 0 amide bonds. The molecule has 0 atom stereocenters. The van der Waals surface area contributed by atoms with Gasteiger partial charge in [-0.2, -0.15) is 0 Å². The van der Waals surface area contributed by atoms with Crippen molar-refractivity contribution in [1.29, 1.82) is 0 Å². The highest BCUT2D eigenvalue weighted by Gasteiger charge is 2.09. The van der Waals surface area contributed by atoms with Crippen molar-refractivity contribution in [3.8, 4) is 5.75 Å². The molecule has 2 rings (SSSR count). The van der Waals surface area contributed by atoms with Crippen LogP contribution in [0.3, 0.4) is 0 Å². The Hall–Kier alpha value is -1.81. The predicted molar refractivity (Wildman–Crippen MR) is 71.7 cm³/mol. The molecule has 0 unspecified atom stereocenters. The molecule has 0 aromatic heterocycles. The molecular weight excluding hydrogens is 272 g/mol. The molecule has 0 aliphatic carbocycles. The largest absolute Gasteiger partial charge is 0.497 e. The van der Waals surface area contributed by atoms with Gasteiger partial charge in [-0.3, -0.25) is 0 Å². The normalized spacial score (nSPS) is 10.3. The molecule has 0 aliphatic rings. The summed E-state index contributed by atoms with van der Waals surface area (Å²) in [5, 5.41) is 3.35. The van der Waals surface area contributed by atoms with Crippen LogP contribution in [0.25, 0.3) is 0 Å². The number of ether oxygens (including phenoxy) is 1. The zero-order valence-corrected chi connectivity index (χ0v) is 11.0. The first-order valence-corrected chi connectivity index (χ1v) is 6.00. The molecule has 0 radical (unpaired) electrons. The highest BCUT2D eigenvalue weighted by molar-refractivity contribution is 6.33. The van der Waals surface area contributed by atoms with Crippen molar-refractivity contribution < 1.29 is 13.5 Å². The van der Waals surface area contributed by atoms with E-state index in [4.69, 9.17) is 16.3 Å². The Bertz CT molecular complexity index is 569. The van der Waals surface area contributed by atoms with E-state index in [1.807, 2.05) is 0 Å². The summed E-state index contributed by atoms with van der Waals surface area (Å²) >= 11 is 5.99. The molecule has 0 fully saturated rings. The van der Waals surface area contributed by atoms with Crippen LogP contribution in [0.1, 0.15) is 5.56 Å². The minimum atomic E-state index is -0.591. The number of anilines is 1. The van der Waals surface area contributed by atoms with Crippen molar-refractivity contribution in [2.24, 2.45) is 0 Å². The molecule has 0 heterocycles. The molecule has 1 N–H and O–H groups in total. The van der Waals surface area contributed by atoms with Crippen LogP contribution in [0.2, 0.25) is 5.02 Å². The summed E-state index contributed by atoms with van der Waals surface area (Å²) in [6.07, 6.45) is 0. The maximum atomic E-state index is 13.5. The van der Waals surface area contributed by atoms with Crippen LogP contribution in [-0.4, -0.2) is 7.11 Å². The van der Waals surface area contributed by atoms with E-state index >= 15 is 0 Å². The lowest BCUT2D eigenvalue weighted by Crippen LogP contribution is -2.05. The number of benzene rings is 2. The molecule has 0 spiro atoms. The lowest BCUT2D eigenvalue weighted by molar-refractivity contribution is 0.415. The van der Waals surface area contributed by atoms with Crippen LogP contribution in [0, 0.1) is 11.6 Å². The Morgan fingerprint density at radius 2 is 1.84 bits per heavy atom. The average Bonchev–Trinajstić information content (AvgIpc) is 2.40. The summed E-state index contributed by atoms with van der Waals surface area (Å²) in [4.78, 5) is 0. The second kappa shape index (κ2) is 5.89. The number of methoxy groups -OCH3 is 1. The molecule has 2 aromatic carbocycles. The van der Waals surface area contributed by atoms with E-state index in [1.54, 1.807) is 18.2 Å². The molecule has 100 valence electrons. The molecular formula is C14H12ClF2NO. The summed E-state index contributed by atoms with van der Waals surface area (Å²) in [6, 6.07) is 8.78. The van der Waals surface area contributed by atoms with Crippen LogP contribution in [0.5, 0.6) is 5.75 Å². The molecule has 2 aromatic rings. The number of rotatable bonds is 4. The number of nitrogens with one attached hydrogen (secondary N) is 1. The fourth-order valence-electron chi connectivity index (χ4n) is 1.65. The summed E-state index contributed by atoms with van der Waals surface area (Å²) < 4.78 is 32.0. The fraction of sp³-hybridized carbons (Fsp3) is 0.143. The van der Waals surface area contributed by atoms with Crippen LogP contribution >= 0.6 is 11.6 Å². The summed E-state index contributed by atoms with van der Waals surface area (Å²) in [7, 11) is 1.53. The first kappa shape index (κ1) is 13.6. The predicted octanol–water partition coefficient (Wildman–Crippen LogP) is 4.24. The van der Waals surface area contributed by atoms with E-state index in [1.165, 1.54) is 25.3 Å². The smallest absolute Gasteiger partial charge is 0.131 e. The van der Waals surface area contributed by atoms with Gasteiger partial charge in [-0.15, -0.1) is 0 Å².